The number of carbonyl (C=O) groups excluding carboxylic acids is 1. The topological polar surface area (TPSA) is 80.9 Å². The second-order valence-electron chi connectivity index (χ2n) is 4.15. The SMILES string of the molecule is CCC(CCN)CCC(=O)Nc1ccnc(Cl)n1. The number of hydrogen-bond acceptors (Lipinski definition) is 4. The Kier molecular flexibility index (Phi) is 6.60. The van der Waals surface area contributed by atoms with Gasteiger partial charge in [0.25, 0.3) is 0 Å². The molecule has 1 aromatic rings. The summed E-state index contributed by atoms with van der Waals surface area (Å²) < 4.78 is 0. The lowest BCUT2D eigenvalue weighted by Gasteiger charge is -2.12. The minimum atomic E-state index is -0.0553. The van der Waals surface area contributed by atoms with Gasteiger partial charge in [-0.15, -0.1) is 0 Å². The molecule has 18 heavy (non-hydrogen) atoms. The molecule has 1 atom stereocenters. The Hall–Kier alpha value is -1.20. The number of hydrogen-bond donors (Lipinski definition) is 2. The molecule has 5 nitrogen and oxygen atoms in total. The van der Waals surface area contributed by atoms with Crippen LogP contribution in [0, 0.1) is 5.92 Å². The molecule has 100 valence electrons. The van der Waals surface area contributed by atoms with Gasteiger partial charge in [0.2, 0.25) is 11.2 Å². The number of aromatic nitrogens is 2. The Bertz CT molecular complexity index is 386. The van der Waals surface area contributed by atoms with E-state index < -0.39 is 0 Å². The number of halogens is 1. The van der Waals surface area contributed by atoms with E-state index in [2.05, 4.69) is 22.2 Å². The smallest absolute Gasteiger partial charge is 0.225 e. The van der Waals surface area contributed by atoms with Crippen LogP contribution in [0.1, 0.15) is 32.6 Å². The highest BCUT2D eigenvalue weighted by Crippen LogP contribution is 2.15. The average molecular weight is 271 g/mol. The van der Waals surface area contributed by atoms with Crippen molar-refractivity contribution in [2.45, 2.75) is 32.6 Å². The highest BCUT2D eigenvalue weighted by atomic mass is 35.5. The highest BCUT2D eigenvalue weighted by molar-refractivity contribution is 6.28. The Morgan fingerprint density at radius 3 is 2.94 bits per heavy atom. The Balaban J connectivity index is 2.37. The number of anilines is 1. The standard InChI is InChI=1S/C12H19ClN4O/c1-2-9(5-7-14)3-4-11(18)16-10-6-8-15-12(13)17-10/h6,8-9H,2-5,7,14H2,1H3,(H,15,16,17,18). The summed E-state index contributed by atoms with van der Waals surface area (Å²) in [6.45, 7) is 2.78. The van der Waals surface area contributed by atoms with E-state index in [0.29, 0.717) is 24.7 Å². The van der Waals surface area contributed by atoms with Crippen LogP contribution in [0.5, 0.6) is 0 Å². The second-order valence-corrected chi connectivity index (χ2v) is 4.49. The zero-order chi connectivity index (χ0) is 13.4. The van der Waals surface area contributed by atoms with E-state index in [0.717, 1.165) is 19.3 Å². The summed E-state index contributed by atoms with van der Waals surface area (Å²) >= 11 is 5.63. The van der Waals surface area contributed by atoms with Crippen molar-refractivity contribution in [1.29, 1.82) is 0 Å². The lowest BCUT2D eigenvalue weighted by atomic mass is 9.96. The largest absolute Gasteiger partial charge is 0.330 e. The molecule has 6 heteroatoms. The monoisotopic (exact) mass is 270 g/mol. The third kappa shape index (κ3) is 5.42. The maximum absolute atomic E-state index is 11.7. The molecule has 0 aliphatic carbocycles. The lowest BCUT2D eigenvalue weighted by molar-refractivity contribution is -0.116. The van der Waals surface area contributed by atoms with Crippen LogP contribution < -0.4 is 11.1 Å². The summed E-state index contributed by atoms with van der Waals surface area (Å²) in [4.78, 5) is 19.3. The summed E-state index contributed by atoms with van der Waals surface area (Å²) in [5.74, 6) is 0.891. The molecule has 0 bridgehead atoms. The average Bonchev–Trinajstić information content (AvgIpc) is 2.34. The van der Waals surface area contributed by atoms with Crippen LogP contribution in [0.15, 0.2) is 12.3 Å². The number of nitrogens with zero attached hydrogens (tertiary/aromatic N) is 2. The molecular weight excluding hydrogens is 252 g/mol. The Morgan fingerprint density at radius 2 is 2.33 bits per heavy atom. The van der Waals surface area contributed by atoms with Gasteiger partial charge in [0, 0.05) is 12.6 Å². The van der Waals surface area contributed by atoms with Crippen molar-refractivity contribution in [2.75, 3.05) is 11.9 Å². The third-order valence-electron chi connectivity index (χ3n) is 2.83. The first-order valence-corrected chi connectivity index (χ1v) is 6.52. The predicted molar refractivity (Wildman–Crippen MR) is 72.4 cm³/mol. The van der Waals surface area contributed by atoms with Crippen LogP contribution in [-0.2, 0) is 4.79 Å². The number of rotatable bonds is 7. The number of nitrogens with one attached hydrogen (secondary N) is 1. The van der Waals surface area contributed by atoms with E-state index in [4.69, 9.17) is 17.3 Å². The second kappa shape index (κ2) is 8.00. The molecule has 0 aliphatic rings. The van der Waals surface area contributed by atoms with E-state index in [1.54, 1.807) is 6.07 Å². The lowest BCUT2D eigenvalue weighted by Crippen LogP contribution is -2.15. The van der Waals surface area contributed by atoms with Crippen LogP contribution in [-0.4, -0.2) is 22.4 Å². The molecule has 0 aliphatic heterocycles. The van der Waals surface area contributed by atoms with E-state index in [9.17, 15) is 4.79 Å². The molecule has 3 N–H and O–H groups in total. The summed E-state index contributed by atoms with van der Waals surface area (Å²) in [5, 5.41) is 2.83. The third-order valence-corrected chi connectivity index (χ3v) is 3.01. The van der Waals surface area contributed by atoms with Crippen molar-refractivity contribution in [2.24, 2.45) is 11.7 Å². The molecule has 0 saturated carbocycles. The van der Waals surface area contributed by atoms with Crippen molar-refractivity contribution in [3.63, 3.8) is 0 Å². The maximum atomic E-state index is 11.7. The molecule has 1 amide bonds. The molecule has 0 spiro atoms. The van der Waals surface area contributed by atoms with Gasteiger partial charge in [0.05, 0.1) is 0 Å². The van der Waals surface area contributed by atoms with Crippen molar-refractivity contribution >= 4 is 23.3 Å². The fraction of sp³-hybridized carbons (Fsp3) is 0.583. The van der Waals surface area contributed by atoms with Gasteiger partial charge in [-0.25, -0.2) is 9.97 Å². The highest BCUT2D eigenvalue weighted by Gasteiger charge is 2.09. The van der Waals surface area contributed by atoms with Gasteiger partial charge in [-0.3, -0.25) is 4.79 Å². The van der Waals surface area contributed by atoms with Crippen LogP contribution in [0.25, 0.3) is 0 Å². The summed E-state index contributed by atoms with van der Waals surface area (Å²) in [6, 6.07) is 1.61. The van der Waals surface area contributed by atoms with Crippen molar-refractivity contribution in [3.05, 3.63) is 17.5 Å². The number of carbonyl (C=O) groups is 1. The van der Waals surface area contributed by atoms with Gasteiger partial charge < -0.3 is 11.1 Å². The first-order chi connectivity index (χ1) is 8.65. The quantitative estimate of drug-likeness (QED) is 0.745. The molecule has 1 heterocycles. The van der Waals surface area contributed by atoms with Gasteiger partial charge in [0.15, 0.2) is 0 Å². The van der Waals surface area contributed by atoms with Gasteiger partial charge in [0.1, 0.15) is 5.82 Å². The Morgan fingerprint density at radius 1 is 1.56 bits per heavy atom. The summed E-state index contributed by atoms with van der Waals surface area (Å²) in [6.07, 6.45) is 4.83. The van der Waals surface area contributed by atoms with E-state index >= 15 is 0 Å². The maximum Gasteiger partial charge on any atom is 0.225 e. The predicted octanol–water partition coefficient (Wildman–Crippen LogP) is 2.22. The van der Waals surface area contributed by atoms with Gasteiger partial charge in [-0.05, 0) is 43.0 Å². The molecule has 1 rings (SSSR count). The van der Waals surface area contributed by atoms with E-state index in [-0.39, 0.29) is 11.2 Å². The number of amides is 1. The molecule has 1 aromatic heterocycles. The van der Waals surface area contributed by atoms with Gasteiger partial charge in [-0.2, -0.15) is 0 Å². The fourth-order valence-corrected chi connectivity index (χ4v) is 1.88. The molecular formula is C12H19ClN4O. The molecule has 0 fully saturated rings. The Labute approximate surface area is 112 Å². The fourth-order valence-electron chi connectivity index (χ4n) is 1.73. The van der Waals surface area contributed by atoms with Gasteiger partial charge >= 0.3 is 0 Å². The van der Waals surface area contributed by atoms with Crippen LogP contribution >= 0.6 is 11.6 Å². The first-order valence-electron chi connectivity index (χ1n) is 6.14. The minimum Gasteiger partial charge on any atom is -0.330 e. The first kappa shape index (κ1) is 14.9. The van der Waals surface area contributed by atoms with Crippen LogP contribution in [0.2, 0.25) is 5.28 Å². The molecule has 0 aromatic carbocycles. The van der Waals surface area contributed by atoms with E-state index in [1.165, 1.54) is 6.20 Å². The van der Waals surface area contributed by atoms with Crippen molar-refractivity contribution in [3.8, 4) is 0 Å². The number of nitrogens with two attached hydrogens (primary N) is 1. The molecule has 0 radical (unpaired) electrons. The van der Waals surface area contributed by atoms with Crippen molar-refractivity contribution < 1.29 is 4.79 Å². The molecule has 1 unspecified atom stereocenters. The molecule has 0 saturated heterocycles. The normalized spacial score (nSPS) is 12.2. The zero-order valence-corrected chi connectivity index (χ0v) is 11.3. The van der Waals surface area contributed by atoms with Crippen LogP contribution in [0.4, 0.5) is 5.82 Å². The minimum absolute atomic E-state index is 0.0553. The van der Waals surface area contributed by atoms with Gasteiger partial charge in [-0.1, -0.05) is 13.3 Å². The summed E-state index contributed by atoms with van der Waals surface area (Å²) in [5.41, 5.74) is 5.52. The van der Waals surface area contributed by atoms with Crippen molar-refractivity contribution in [1.82, 2.24) is 9.97 Å². The van der Waals surface area contributed by atoms with Crippen LogP contribution in [0.3, 0.4) is 0 Å². The summed E-state index contributed by atoms with van der Waals surface area (Å²) in [7, 11) is 0. The van der Waals surface area contributed by atoms with E-state index in [1.807, 2.05) is 0 Å². The zero-order valence-electron chi connectivity index (χ0n) is 10.5.